The van der Waals surface area contributed by atoms with E-state index in [0.29, 0.717) is 11.0 Å². The summed E-state index contributed by atoms with van der Waals surface area (Å²) in [6.07, 6.45) is 1.17. The number of aromatic nitrogens is 2. The summed E-state index contributed by atoms with van der Waals surface area (Å²) in [5.74, 6) is 1.57. The molecule has 0 aliphatic rings. The number of para-hydroxylation sites is 1. The molecule has 128 valence electrons. The molecule has 0 aliphatic heterocycles. The number of amides is 1. The van der Waals surface area contributed by atoms with Gasteiger partial charge in [-0.25, -0.2) is 0 Å². The second-order valence-electron chi connectivity index (χ2n) is 5.41. The summed E-state index contributed by atoms with van der Waals surface area (Å²) in [4.78, 5) is 12.3. The summed E-state index contributed by atoms with van der Waals surface area (Å²) in [5, 5.41) is 11.2. The zero-order chi connectivity index (χ0) is 17.5. The van der Waals surface area contributed by atoms with Gasteiger partial charge in [0, 0.05) is 5.75 Å². The number of hydrogen-bond donors (Lipinski definition) is 1. The van der Waals surface area contributed by atoms with Crippen molar-refractivity contribution in [1.29, 1.82) is 0 Å². The van der Waals surface area contributed by atoms with Crippen molar-refractivity contribution in [2.75, 3.05) is 11.1 Å². The summed E-state index contributed by atoms with van der Waals surface area (Å²) in [7, 11) is 0. The van der Waals surface area contributed by atoms with Gasteiger partial charge in [0.2, 0.25) is 5.13 Å². The minimum absolute atomic E-state index is 0.245. The lowest BCUT2D eigenvalue weighted by Gasteiger charge is -2.18. The van der Waals surface area contributed by atoms with Gasteiger partial charge in [0.15, 0.2) is 10.4 Å². The smallest absolute Gasteiger partial charge is 0.266 e. The second-order valence-corrected chi connectivity index (χ2v) is 7.66. The highest BCUT2D eigenvalue weighted by Crippen LogP contribution is 2.28. The first kappa shape index (κ1) is 18.5. The number of hydrogen-bond acceptors (Lipinski definition) is 6. The van der Waals surface area contributed by atoms with Crippen LogP contribution in [0.3, 0.4) is 0 Å². The molecule has 1 heterocycles. The van der Waals surface area contributed by atoms with Crippen molar-refractivity contribution < 1.29 is 9.53 Å². The molecular weight excluding hydrogens is 342 g/mol. The van der Waals surface area contributed by atoms with Gasteiger partial charge in [-0.1, -0.05) is 61.2 Å². The monoisotopic (exact) mass is 363 g/mol. The highest BCUT2D eigenvalue weighted by molar-refractivity contribution is 8.01. The van der Waals surface area contributed by atoms with Crippen molar-refractivity contribution in [3.8, 4) is 5.75 Å². The molecule has 5 nitrogen and oxygen atoms in total. The van der Waals surface area contributed by atoms with Crippen LogP contribution in [0.2, 0.25) is 0 Å². The topological polar surface area (TPSA) is 64.1 Å². The number of benzene rings is 1. The number of anilines is 1. The Hall–Kier alpha value is -1.86. The molecule has 1 aromatic heterocycles. The fourth-order valence-electron chi connectivity index (χ4n) is 1.96. The van der Waals surface area contributed by atoms with E-state index in [-0.39, 0.29) is 5.91 Å². The molecule has 0 unspecified atom stereocenters. The van der Waals surface area contributed by atoms with Crippen LogP contribution in [0.15, 0.2) is 41.3 Å². The average Bonchev–Trinajstić information content (AvgIpc) is 3.00. The maximum atomic E-state index is 12.3. The lowest BCUT2D eigenvalue weighted by Crippen LogP contribution is -2.30. The Balaban J connectivity index is 1.97. The van der Waals surface area contributed by atoms with Gasteiger partial charge in [0.25, 0.3) is 5.91 Å². The lowest BCUT2D eigenvalue weighted by atomic mass is 10.0. The van der Waals surface area contributed by atoms with Crippen molar-refractivity contribution in [3.05, 3.63) is 42.5 Å². The van der Waals surface area contributed by atoms with E-state index in [1.54, 1.807) is 13.0 Å². The van der Waals surface area contributed by atoms with Crippen molar-refractivity contribution in [2.24, 2.45) is 0 Å². The predicted octanol–water partition coefficient (Wildman–Crippen LogP) is 4.35. The Kier molecular flexibility index (Phi) is 6.81. The standard InChI is InChI=1S/C17H21N3O2S2/c1-5-10-23-17-20-19-16(24-17)18-15(21)12(4)22-14-9-7-6-8-13(14)11(2)3/h5-9,11-12H,1,10H2,2-4H3,(H,18,19,21)/t12-/m1/s1. The first-order valence-electron chi connectivity index (χ1n) is 7.65. The molecule has 0 spiro atoms. The molecule has 24 heavy (non-hydrogen) atoms. The van der Waals surface area contributed by atoms with Gasteiger partial charge in [-0.15, -0.1) is 16.8 Å². The van der Waals surface area contributed by atoms with Crippen LogP contribution in [-0.2, 0) is 4.79 Å². The zero-order valence-electron chi connectivity index (χ0n) is 14.0. The predicted molar refractivity (Wildman–Crippen MR) is 100 cm³/mol. The van der Waals surface area contributed by atoms with Crippen molar-refractivity contribution in [1.82, 2.24) is 10.2 Å². The van der Waals surface area contributed by atoms with Gasteiger partial charge in [0.05, 0.1) is 0 Å². The molecule has 1 amide bonds. The Labute approximate surface area is 150 Å². The third-order valence-corrected chi connectivity index (χ3v) is 5.14. The number of ether oxygens (including phenoxy) is 1. The van der Waals surface area contributed by atoms with E-state index < -0.39 is 6.10 Å². The van der Waals surface area contributed by atoms with E-state index in [4.69, 9.17) is 4.74 Å². The van der Waals surface area contributed by atoms with Crippen molar-refractivity contribution in [2.45, 2.75) is 37.1 Å². The number of carbonyl (C=O) groups excluding carboxylic acids is 1. The summed E-state index contributed by atoms with van der Waals surface area (Å²) in [6, 6.07) is 7.77. The van der Waals surface area contributed by atoms with Gasteiger partial charge >= 0.3 is 0 Å². The molecule has 7 heteroatoms. The number of carbonyl (C=O) groups is 1. The molecule has 2 aromatic rings. The molecule has 0 aliphatic carbocycles. The fourth-order valence-corrected chi connectivity index (χ4v) is 3.48. The SMILES string of the molecule is C=CCSc1nnc(NC(=O)[C@@H](C)Oc2ccccc2C(C)C)s1. The highest BCUT2D eigenvalue weighted by Gasteiger charge is 2.19. The third-order valence-electron chi connectivity index (χ3n) is 3.18. The molecule has 1 atom stereocenters. The van der Waals surface area contributed by atoms with E-state index in [2.05, 4.69) is 35.9 Å². The third kappa shape index (κ3) is 5.07. The van der Waals surface area contributed by atoms with Crippen molar-refractivity contribution >= 4 is 34.1 Å². The van der Waals surface area contributed by atoms with Crippen LogP contribution in [0.1, 0.15) is 32.3 Å². The number of thioether (sulfide) groups is 1. The Morgan fingerprint density at radius 1 is 1.38 bits per heavy atom. The van der Waals surface area contributed by atoms with Crippen LogP contribution in [0.25, 0.3) is 0 Å². The van der Waals surface area contributed by atoms with Crippen LogP contribution in [0.5, 0.6) is 5.75 Å². The molecule has 1 aromatic carbocycles. The molecule has 0 fully saturated rings. The molecule has 0 saturated carbocycles. The van der Waals surface area contributed by atoms with E-state index >= 15 is 0 Å². The Morgan fingerprint density at radius 2 is 2.12 bits per heavy atom. The first-order chi connectivity index (χ1) is 11.5. The van der Waals surface area contributed by atoms with Gasteiger partial charge < -0.3 is 4.74 Å². The van der Waals surface area contributed by atoms with Gasteiger partial charge in [-0.2, -0.15) is 0 Å². The van der Waals surface area contributed by atoms with Crippen LogP contribution < -0.4 is 10.1 Å². The number of rotatable bonds is 8. The number of nitrogens with zero attached hydrogens (tertiary/aromatic N) is 2. The zero-order valence-corrected chi connectivity index (χ0v) is 15.6. The molecule has 1 N–H and O–H groups in total. The quantitative estimate of drug-likeness (QED) is 0.429. The normalized spacial score (nSPS) is 12.0. The van der Waals surface area contributed by atoms with E-state index in [0.717, 1.165) is 21.4 Å². The maximum absolute atomic E-state index is 12.3. The largest absolute Gasteiger partial charge is 0.481 e. The van der Waals surface area contributed by atoms with Crippen LogP contribution in [-0.4, -0.2) is 28.0 Å². The number of nitrogens with one attached hydrogen (secondary N) is 1. The lowest BCUT2D eigenvalue weighted by molar-refractivity contribution is -0.122. The van der Waals surface area contributed by atoms with Crippen LogP contribution in [0.4, 0.5) is 5.13 Å². The fraction of sp³-hybridized carbons (Fsp3) is 0.353. The highest BCUT2D eigenvalue weighted by atomic mass is 32.2. The van der Waals surface area contributed by atoms with Gasteiger partial charge in [-0.05, 0) is 24.5 Å². The Morgan fingerprint density at radius 3 is 2.83 bits per heavy atom. The van der Waals surface area contributed by atoms with E-state index in [1.807, 2.05) is 24.3 Å². The van der Waals surface area contributed by atoms with Crippen LogP contribution in [0, 0.1) is 0 Å². The summed E-state index contributed by atoms with van der Waals surface area (Å²) >= 11 is 2.87. The Bertz CT molecular complexity index is 701. The molecule has 2 rings (SSSR count). The van der Waals surface area contributed by atoms with E-state index in [9.17, 15) is 4.79 Å². The van der Waals surface area contributed by atoms with Gasteiger partial charge in [-0.3, -0.25) is 10.1 Å². The molecule has 0 bridgehead atoms. The minimum Gasteiger partial charge on any atom is -0.481 e. The van der Waals surface area contributed by atoms with E-state index in [1.165, 1.54) is 23.1 Å². The van der Waals surface area contributed by atoms with Crippen LogP contribution >= 0.6 is 23.1 Å². The minimum atomic E-state index is -0.627. The summed E-state index contributed by atoms with van der Waals surface area (Å²) < 4.78 is 6.63. The second kappa shape index (κ2) is 8.84. The average molecular weight is 364 g/mol. The summed E-state index contributed by atoms with van der Waals surface area (Å²) in [6.45, 7) is 9.57. The molecule has 0 radical (unpaired) electrons. The van der Waals surface area contributed by atoms with Crippen molar-refractivity contribution in [3.63, 3.8) is 0 Å². The molecule has 0 saturated heterocycles. The first-order valence-corrected chi connectivity index (χ1v) is 9.45. The van der Waals surface area contributed by atoms with Gasteiger partial charge in [0.1, 0.15) is 5.75 Å². The molecular formula is C17H21N3O2S2. The maximum Gasteiger partial charge on any atom is 0.266 e. The summed E-state index contributed by atoms with van der Waals surface area (Å²) in [5.41, 5.74) is 1.08.